The topological polar surface area (TPSA) is 270 Å². The van der Waals surface area contributed by atoms with E-state index < -0.39 is 36.5 Å². The number of nitrogens with one attached hydrogen (secondary N) is 5. The van der Waals surface area contributed by atoms with Crippen molar-refractivity contribution in [3.8, 4) is 0 Å². The molecule has 0 saturated heterocycles. The van der Waals surface area contributed by atoms with Gasteiger partial charge in [0.1, 0.15) is 16.9 Å². The molecular weight excluding hydrogens is 1170 g/mol. The van der Waals surface area contributed by atoms with Gasteiger partial charge < -0.3 is 36.3 Å². The number of alkyl halides is 1. The van der Waals surface area contributed by atoms with Gasteiger partial charge in [-0.1, -0.05) is 91.3 Å². The average Bonchev–Trinajstić information content (AvgIpc) is 3.72. The number of aromatic nitrogens is 6. The van der Waals surface area contributed by atoms with Gasteiger partial charge in [-0.25, -0.2) is 44.3 Å². The molecule has 83 heavy (non-hydrogen) atoms. The number of nitrogens with zero attached hydrogens (tertiary/aromatic N) is 6. The van der Waals surface area contributed by atoms with E-state index >= 15 is 0 Å². The Bertz CT molecular complexity index is 3280. The van der Waals surface area contributed by atoms with E-state index in [2.05, 4.69) is 95.1 Å². The number of aromatic carboxylic acids is 1. The highest BCUT2D eigenvalue weighted by molar-refractivity contribution is 7.14. The van der Waals surface area contributed by atoms with E-state index in [4.69, 9.17) is 54.9 Å². The van der Waals surface area contributed by atoms with Gasteiger partial charge in [0.2, 0.25) is 11.9 Å². The van der Waals surface area contributed by atoms with Crippen LogP contribution >= 0.6 is 58.3 Å². The van der Waals surface area contributed by atoms with Crippen molar-refractivity contribution >= 4 is 116 Å². The van der Waals surface area contributed by atoms with Crippen LogP contribution in [0.3, 0.4) is 0 Å². The SMILES string of the molecule is C.CC(C)(C)OC(=O)Nc1nc(C(=O)N[C@H]2CCC[C@@H](Nc3ncc(Cl)c(C4=CCc5ccccc54)n3)C2)cs1.CC(C)(C)OC(=O)Nc1nc(C(=O)O)cs1.Cl.NC1CCC[C@@H](Nc2ncc(Cl)c(C3=CCc4ccccc43)n2)C1.[2H]CF. The van der Waals surface area contributed by atoms with Gasteiger partial charge in [-0.05, 0) is 128 Å². The van der Waals surface area contributed by atoms with Crippen molar-refractivity contribution in [2.24, 2.45) is 5.73 Å². The molecule has 4 aliphatic carbocycles. The minimum Gasteiger partial charge on any atom is -0.476 e. The number of carboxylic acids is 1. The van der Waals surface area contributed by atoms with E-state index in [1.165, 1.54) is 33.4 Å². The largest absolute Gasteiger partial charge is 0.476 e. The van der Waals surface area contributed by atoms with Crippen molar-refractivity contribution in [3.63, 3.8) is 0 Å². The van der Waals surface area contributed by atoms with Crippen LogP contribution < -0.4 is 32.3 Å². The number of hydrogen-bond donors (Lipinski definition) is 7. The third-order valence-corrected chi connectivity index (χ3v) is 14.8. The van der Waals surface area contributed by atoms with E-state index in [0.29, 0.717) is 33.1 Å². The Morgan fingerprint density at radius 2 is 1.12 bits per heavy atom. The fourth-order valence-corrected chi connectivity index (χ4v) is 11.1. The first-order chi connectivity index (χ1) is 39.0. The van der Waals surface area contributed by atoms with Crippen molar-refractivity contribution in [2.45, 2.75) is 149 Å². The molecule has 0 spiro atoms. The lowest BCUT2D eigenvalue weighted by Crippen LogP contribution is -2.42. The summed E-state index contributed by atoms with van der Waals surface area (Å²) < 4.78 is 25.7. The average molecular weight is 1240 g/mol. The Morgan fingerprint density at radius 1 is 0.687 bits per heavy atom. The van der Waals surface area contributed by atoms with Gasteiger partial charge in [0, 0.05) is 46.1 Å². The van der Waals surface area contributed by atoms with E-state index in [-0.39, 0.29) is 60.4 Å². The zero-order valence-corrected chi connectivity index (χ0v) is 50.1. The molecule has 0 bridgehead atoms. The van der Waals surface area contributed by atoms with Crippen LogP contribution in [-0.2, 0) is 22.3 Å². The number of nitrogens with two attached hydrogens (primary N) is 1. The van der Waals surface area contributed by atoms with Crippen LogP contribution in [0.25, 0.3) is 11.1 Å². The van der Waals surface area contributed by atoms with Crippen LogP contribution in [0.5, 0.6) is 0 Å². The molecule has 0 aliphatic heterocycles. The predicted molar refractivity (Wildman–Crippen MR) is 331 cm³/mol. The van der Waals surface area contributed by atoms with Crippen molar-refractivity contribution in [3.05, 3.63) is 139 Å². The van der Waals surface area contributed by atoms with Gasteiger partial charge in [-0.3, -0.25) is 19.8 Å². The summed E-state index contributed by atoms with van der Waals surface area (Å²) in [5, 5.41) is 28.1. The molecular formula is C58H72Cl3FN12O7S2. The highest BCUT2D eigenvalue weighted by Gasteiger charge is 2.28. The Labute approximate surface area is 509 Å². The number of thiazole rings is 2. The number of carbonyl (C=O) groups is 4. The monoisotopic (exact) mass is 1240 g/mol. The number of halogens is 4. The smallest absolute Gasteiger partial charge is 0.413 e. The molecule has 25 heteroatoms. The number of ether oxygens (including phenoxy) is 2. The molecule has 19 nitrogen and oxygen atoms in total. The van der Waals surface area contributed by atoms with Gasteiger partial charge in [-0.2, -0.15) is 0 Å². The minimum absolute atomic E-state index is 0. The van der Waals surface area contributed by atoms with Crippen molar-refractivity contribution in [1.29, 1.82) is 0 Å². The molecule has 3 amide bonds. The van der Waals surface area contributed by atoms with Crippen LogP contribution in [0.2, 0.25) is 10.0 Å². The number of fused-ring (bicyclic) bond motifs is 2. The number of carbonyl (C=O) groups excluding carboxylic acids is 3. The Kier molecular flexibility index (Phi) is 24.1. The lowest BCUT2D eigenvalue weighted by atomic mass is 9.91. The normalized spacial score (nSPS) is 17.7. The molecule has 1 unspecified atom stereocenters. The summed E-state index contributed by atoms with van der Waals surface area (Å²) in [6.07, 6.45) is 16.0. The number of amides is 3. The summed E-state index contributed by atoms with van der Waals surface area (Å²) in [6.45, 7) is 10.5. The van der Waals surface area contributed by atoms with Crippen molar-refractivity contribution in [1.82, 2.24) is 35.2 Å². The number of anilines is 4. The Morgan fingerprint density at radius 3 is 1.58 bits per heavy atom. The van der Waals surface area contributed by atoms with Crippen LogP contribution in [0.1, 0.15) is 156 Å². The van der Waals surface area contributed by atoms with Gasteiger partial charge >= 0.3 is 18.2 Å². The second-order valence-electron chi connectivity index (χ2n) is 21.3. The lowest BCUT2D eigenvalue weighted by Gasteiger charge is -2.30. The second kappa shape index (κ2) is 30.6. The summed E-state index contributed by atoms with van der Waals surface area (Å²) in [6, 6.07) is 17.3. The predicted octanol–water partition coefficient (Wildman–Crippen LogP) is 13.7. The third kappa shape index (κ3) is 19.6. The number of benzene rings is 2. The fourth-order valence-electron chi connectivity index (χ4n) is 9.35. The first-order valence-corrected chi connectivity index (χ1v) is 28.8. The van der Waals surface area contributed by atoms with Crippen LogP contribution in [0.4, 0.5) is 36.1 Å². The molecule has 8 N–H and O–H groups in total. The molecule has 4 aliphatic rings. The maximum Gasteiger partial charge on any atom is 0.413 e. The van der Waals surface area contributed by atoms with Crippen molar-refractivity contribution < 1.29 is 39.5 Å². The van der Waals surface area contributed by atoms with Crippen LogP contribution in [0.15, 0.2) is 83.8 Å². The second-order valence-corrected chi connectivity index (χ2v) is 23.8. The van der Waals surface area contributed by atoms with Gasteiger partial charge in [-0.15, -0.1) is 35.1 Å². The Balaban J connectivity index is 0.000000244. The molecule has 2 fully saturated rings. The summed E-state index contributed by atoms with van der Waals surface area (Å²) >= 11 is 15.1. The standard InChI is InChI=1S/C28H31ClN6O3S.C19H21ClN4.C9H12N2O4S.CH3F.CH4.ClH/c1-28(2,3)38-27(37)35-26-33-22(15-39-26)24(36)31-17-8-6-9-18(13-17)32-25-30-14-21(29)23(34-25)20-12-11-16-7-4-5-10-19(16)20;20-17-11-22-19(23-14-6-3-5-13(21)10-14)24-18(17)16-9-8-12-4-1-2-7-15(12)16;1-9(2,3)15-8(14)11-7-10-5(4-16-7)6(12)13;1-2;;/h4-5,7,10,12,14-15,17-18H,6,8-9,11,13H2,1-3H3,(H,31,36)(H,30,32,34)(H,33,35,37);1-2,4,7,9,11,13-14H,3,5-6,8,10,21H2,(H,22,23,24);4H,1-3H3,(H,12,13)(H,10,11,14);1H3;1H4;1H/t17-,18+;13?,14-;;;;/m01..../s1/i;;;1D;;. The van der Waals surface area contributed by atoms with E-state index in [9.17, 15) is 23.6 Å². The molecule has 6 aromatic rings. The molecule has 2 aromatic carbocycles. The summed E-state index contributed by atoms with van der Waals surface area (Å²) in [7, 11) is -1.00. The zero-order chi connectivity index (χ0) is 59.1. The highest BCUT2D eigenvalue weighted by atomic mass is 35.5. The van der Waals surface area contributed by atoms with E-state index in [1.807, 2.05) is 12.1 Å². The first-order valence-electron chi connectivity index (χ1n) is 27.0. The minimum atomic E-state index is -1.13. The maximum absolute atomic E-state index is 12.9. The van der Waals surface area contributed by atoms with Crippen LogP contribution in [0, 0.1) is 0 Å². The summed E-state index contributed by atoms with van der Waals surface area (Å²) in [5.74, 6) is -0.243. The molecule has 4 heterocycles. The third-order valence-electron chi connectivity index (χ3n) is 12.7. The number of carboxylic acid groups (broad SMARTS) is 1. The number of hydrogen-bond acceptors (Lipinski definition) is 17. The maximum atomic E-state index is 12.9. The van der Waals surface area contributed by atoms with Gasteiger partial charge in [0.25, 0.3) is 5.91 Å². The molecule has 446 valence electrons. The zero-order valence-electron chi connectivity index (χ0n) is 47.2. The number of rotatable bonds is 11. The molecule has 0 radical (unpaired) electrons. The number of allylic oxidation sites excluding steroid dienone is 2. The Hall–Kier alpha value is -6.82. The first kappa shape index (κ1) is 65.3. The van der Waals surface area contributed by atoms with E-state index in [1.54, 1.807) is 59.3 Å². The molecule has 2 saturated carbocycles. The highest BCUT2D eigenvalue weighted by Crippen LogP contribution is 2.37. The summed E-state index contributed by atoms with van der Waals surface area (Å²) in [5.41, 5.74) is 13.6. The molecule has 10 rings (SSSR count). The van der Waals surface area contributed by atoms with Gasteiger partial charge in [0.05, 0.1) is 42.4 Å². The molecule has 4 atom stereocenters. The van der Waals surface area contributed by atoms with Gasteiger partial charge in [0.15, 0.2) is 16.0 Å². The summed E-state index contributed by atoms with van der Waals surface area (Å²) in [4.78, 5) is 72.9. The fraction of sp³-hybridized carbons (Fsp3) is 0.414. The lowest BCUT2D eigenvalue weighted by molar-refractivity contribution is 0.0624. The van der Waals surface area contributed by atoms with Crippen LogP contribution in [-0.4, -0.2) is 102 Å². The van der Waals surface area contributed by atoms with E-state index in [0.717, 1.165) is 104 Å². The van der Waals surface area contributed by atoms with Crippen molar-refractivity contribution in [2.75, 3.05) is 28.4 Å². The quantitative estimate of drug-likeness (QED) is 0.0635. The molecule has 4 aromatic heterocycles.